The molecule has 0 aromatic carbocycles. The summed E-state index contributed by atoms with van der Waals surface area (Å²) in [6.45, 7) is 2.55. The Bertz CT molecular complexity index is 142. The van der Waals surface area contributed by atoms with Crippen LogP contribution < -0.4 is 5.32 Å². The van der Waals surface area contributed by atoms with E-state index in [9.17, 15) is 8.78 Å². The summed E-state index contributed by atoms with van der Waals surface area (Å²) < 4.78 is 25.3. The lowest BCUT2D eigenvalue weighted by Crippen LogP contribution is -2.41. The van der Waals surface area contributed by atoms with E-state index in [2.05, 4.69) is 12.2 Å². The van der Waals surface area contributed by atoms with E-state index in [1.807, 2.05) is 6.92 Å². The van der Waals surface area contributed by atoms with Crippen LogP contribution in [0.15, 0.2) is 0 Å². The van der Waals surface area contributed by atoms with Gasteiger partial charge in [-0.1, -0.05) is 26.7 Å². The maximum Gasteiger partial charge on any atom is 0.282 e. The van der Waals surface area contributed by atoms with Gasteiger partial charge < -0.3 is 10.4 Å². The summed E-state index contributed by atoms with van der Waals surface area (Å²) in [5, 5.41) is 11.2. The zero-order valence-electron chi connectivity index (χ0n) is 9.02. The number of aliphatic hydroxyl groups is 1. The molecule has 0 saturated heterocycles. The molecule has 0 bridgehead atoms. The standard InChI is InChI=1S/C10H21F2NO/c1-3-5-6-9(4-2)13-7-10(11,12)8-14/h9,13-14H,3-8H2,1-2H3. The van der Waals surface area contributed by atoms with E-state index in [4.69, 9.17) is 5.11 Å². The summed E-state index contributed by atoms with van der Waals surface area (Å²) in [6, 6.07) is 0.146. The fraction of sp³-hybridized carbons (Fsp3) is 1.00. The van der Waals surface area contributed by atoms with Crippen molar-refractivity contribution in [2.45, 2.75) is 51.5 Å². The summed E-state index contributed by atoms with van der Waals surface area (Å²) in [4.78, 5) is 0. The van der Waals surface area contributed by atoms with Crippen molar-refractivity contribution >= 4 is 0 Å². The van der Waals surface area contributed by atoms with Crippen molar-refractivity contribution in [1.82, 2.24) is 5.32 Å². The Balaban J connectivity index is 3.71. The van der Waals surface area contributed by atoms with Crippen molar-refractivity contribution in [1.29, 1.82) is 0 Å². The van der Waals surface area contributed by atoms with Crippen molar-refractivity contribution in [3.63, 3.8) is 0 Å². The minimum absolute atomic E-state index is 0.146. The Morgan fingerprint density at radius 2 is 2.00 bits per heavy atom. The number of rotatable bonds is 8. The van der Waals surface area contributed by atoms with Gasteiger partial charge in [-0.2, -0.15) is 0 Å². The molecule has 0 saturated carbocycles. The first kappa shape index (κ1) is 13.8. The first-order chi connectivity index (χ1) is 6.55. The molecule has 0 aliphatic rings. The number of unbranched alkanes of at least 4 members (excludes halogenated alkanes) is 1. The fourth-order valence-electron chi connectivity index (χ4n) is 1.25. The van der Waals surface area contributed by atoms with Crippen LogP contribution in [0.5, 0.6) is 0 Å². The molecule has 0 heterocycles. The van der Waals surface area contributed by atoms with Gasteiger partial charge in [0.2, 0.25) is 0 Å². The van der Waals surface area contributed by atoms with Crippen LogP contribution in [-0.2, 0) is 0 Å². The smallest absolute Gasteiger partial charge is 0.282 e. The first-order valence-corrected chi connectivity index (χ1v) is 5.27. The highest BCUT2D eigenvalue weighted by Gasteiger charge is 2.27. The second-order valence-corrected chi connectivity index (χ2v) is 3.64. The Morgan fingerprint density at radius 1 is 1.36 bits per heavy atom. The van der Waals surface area contributed by atoms with Crippen LogP contribution >= 0.6 is 0 Å². The second kappa shape index (κ2) is 7.12. The molecule has 2 N–H and O–H groups in total. The first-order valence-electron chi connectivity index (χ1n) is 5.27. The van der Waals surface area contributed by atoms with Gasteiger partial charge in [-0.25, -0.2) is 8.78 Å². The topological polar surface area (TPSA) is 32.3 Å². The second-order valence-electron chi connectivity index (χ2n) is 3.64. The molecule has 0 aromatic rings. The minimum atomic E-state index is -2.99. The number of alkyl halides is 2. The molecular weight excluding hydrogens is 188 g/mol. The molecule has 0 fully saturated rings. The molecule has 0 aromatic heterocycles. The highest BCUT2D eigenvalue weighted by atomic mass is 19.3. The van der Waals surface area contributed by atoms with E-state index in [0.29, 0.717) is 0 Å². The molecule has 0 spiro atoms. The van der Waals surface area contributed by atoms with Gasteiger partial charge in [0.15, 0.2) is 0 Å². The largest absolute Gasteiger partial charge is 0.390 e. The van der Waals surface area contributed by atoms with Gasteiger partial charge in [0, 0.05) is 6.04 Å². The van der Waals surface area contributed by atoms with Gasteiger partial charge in [0.05, 0.1) is 6.54 Å². The Labute approximate surface area is 84.7 Å². The number of halogens is 2. The average molecular weight is 209 g/mol. The van der Waals surface area contributed by atoms with Crippen LogP contribution in [-0.4, -0.2) is 30.2 Å². The fourth-order valence-corrected chi connectivity index (χ4v) is 1.25. The van der Waals surface area contributed by atoms with Gasteiger partial charge in [-0.3, -0.25) is 0 Å². The monoisotopic (exact) mass is 209 g/mol. The average Bonchev–Trinajstić information content (AvgIpc) is 2.18. The third-order valence-electron chi connectivity index (χ3n) is 2.28. The predicted octanol–water partition coefficient (Wildman–Crippen LogP) is 2.17. The molecule has 2 nitrogen and oxygen atoms in total. The molecule has 4 heteroatoms. The van der Waals surface area contributed by atoms with Crippen molar-refractivity contribution < 1.29 is 13.9 Å². The van der Waals surface area contributed by atoms with Crippen LogP contribution in [0.2, 0.25) is 0 Å². The highest BCUT2D eigenvalue weighted by molar-refractivity contribution is 4.72. The summed E-state index contributed by atoms with van der Waals surface area (Å²) in [5.41, 5.74) is 0. The lowest BCUT2D eigenvalue weighted by atomic mass is 10.1. The maximum absolute atomic E-state index is 12.7. The van der Waals surface area contributed by atoms with E-state index < -0.39 is 19.1 Å². The highest BCUT2D eigenvalue weighted by Crippen LogP contribution is 2.12. The normalized spacial score (nSPS) is 14.4. The van der Waals surface area contributed by atoms with Gasteiger partial charge in [-0.15, -0.1) is 0 Å². The molecule has 14 heavy (non-hydrogen) atoms. The van der Waals surface area contributed by atoms with E-state index in [-0.39, 0.29) is 6.04 Å². The van der Waals surface area contributed by atoms with Crippen molar-refractivity contribution in [2.24, 2.45) is 0 Å². The van der Waals surface area contributed by atoms with Crippen molar-refractivity contribution in [3.8, 4) is 0 Å². The molecule has 1 atom stereocenters. The van der Waals surface area contributed by atoms with Crippen molar-refractivity contribution in [2.75, 3.05) is 13.2 Å². The molecule has 0 radical (unpaired) electrons. The number of hydrogen-bond donors (Lipinski definition) is 2. The van der Waals surface area contributed by atoms with E-state index in [1.165, 1.54) is 0 Å². The quantitative estimate of drug-likeness (QED) is 0.642. The van der Waals surface area contributed by atoms with Crippen LogP contribution in [0.1, 0.15) is 39.5 Å². The van der Waals surface area contributed by atoms with Crippen LogP contribution in [0.25, 0.3) is 0 Å². The van der Waals surface area contributed by atoms with Gasteiger partial charge in [0.1, 0.15) is 6.61 Å². The lowest BCUT2D eigenvalue weighted by Gasteiger charge is -2.20. The number of hydrogen-bond acceptors (Lipinski definition) is 2. The van der Waals surface area contributed by atoms with Gasteiger partial charge >= 0.3 is 0 Å². The Morgan fingerprint density at radius 3 is 2.43 bits per heavy atom. The number of nitrogens with one attached hydrogen (secondary N) is 1. The molecule has 0 rings (SSSR count). The SMILES string of the molecule is CCCCC(CC)NCC(F)(F)CO. The van der Waals surface area contributed by atoms with Gasteiger partial charge in [0.25, 0.3) is 5.92 Å². The van der Waals surface area contributed by atoms with E-state index >= 15 is 0 Å². The Hall–Kier alpha value is -0.220. The number of aliphatic hydroxyl groups excluding tert-OH is 1. The molecular formula is C10H21F2NO. The maximum atomic E-state index is 12.7. The van der Waals surface area contributed by atoms with Crippen molar-refractivity contribution in [3.05, 3.63) is 0 Å². The summed E-state index contributed by atoms with van der Waals surface area (Å²) in [5.74, 6) is -2.99. The zero-order valence-corrected chi connectivity index (χ0v) is 9.02. The molecule has 0 amide bonds. The molecule has 86 valence electrons. The summed E-state index contributed by atoms with van der Waals surface area (Å²) >= 11 is 0. The lowest BCUT2D eigenvalue weighted by molar-refractivity contribution is -0.0495. The minimum Gasteiger partial charge on any atom is -0.390 e. The predicted molar refractivity (Wildman–Crippen MR) is 53.6 cm³/mol. The Kier molecular flexibility index (Phi) is 7.01. The van der Waals surface area contributed by atoms with Gasteiger partial charge in [-0.05, 0) is 12.8 Å². The zero-order chi connectivity index (χ0) is 11.0. The third kappa shape index (κ3) is 6.27. The van der Waals surface area contributed by atoms with Crippen LogP contribution in [0, 0.1) is 0 Å². The molecule has 1 unspecified atom stereocenters. The summed E-state index contributed by atoms with van der Waals surface area (Å²) in [6.07, 6.45) is 3.90. The van der Waals surface area contributed by atoms with E-state index in [0.717, 1.165) is 25.7 Å². The van der Waals surface area contributed by atoms with E-state index in [1.54, 1.807) is 0 Å². The third-order valence-corrected chi connectivity index (χ3v) is 2.28. The summed E-state index contributed by atoms with van der Waals surface area (Å²) in [7, 11) is 0. The van der Waals surface area contributed by atoms with Crippen LogP contribution in [0.3, 0.4) is 0 Å². The van der Waals surface area contributed by atoms with Crippen LogP contribution in [0.4, 0.5) is 8.78 Å². The molecule has 0 aliphatic heterocycles. The molecule has 0 aliphatic carbocycles.